The Bertz CT molecular complexity index is 345. The average Bonchev–Trinajstić information content (AvgIpc) is 2.06. The van der Waals surface area contributed by atoms with E-state index in [-0.39, 0.29) is 5.56 Å². The second-order valence-corrected chi connectivity index (χ2v) is 4.29. The van der Waals surface area contributed by atoms with Crippen LogP contribution in [0.4, 0.5) is 8.78 Å². The van der Waals surface area contributed by atoms with E-state index in [1.807, 2.05) is 0 Å². The number of halogens is 3. The van der Waals surface area contributed by atoms with E-state index in [0.717, 1.165) is 0 Å². The predicted octanol–water partition coefficient (Wildman–Crippen LogP) is 3.80. The summed E-state index contributed by atoms with van der Waals surface area (Å²) in [6.45, 7) is 2.62. The Kier molecular flexibility index (Phi) is 3.14. The number of benzene rings is 1. The molecule has 0 saturated carbocycles. The van der Waals surface area contributed by atoms with Gasteiger partial charge in [0.05, 0.1) is 11.6 Å². The van der Waals surface area contributed by atoms with Crippen LogP contribution in [0, 0.1) is 5.82 Å². The zero-order valence-corrected chi connectivity index (χ0v) is 9.78. The molecule has 0 unspecified atom stereocenters. The molecule has 0 bridgehead atoms. The molecule has 1 rings (SSSR count). The third-order valence-electron chi connectivity index (χ3n) is 1.88. The summed E-state index contributed by atoms with van der Waals surface area (Å²) in [6.07, 6.45) is 0. The van der Waals surface area contributed by atoms with Gasteiger partial charge in [0.15, 0.2) is 0 Å². The summed E-state index contributed by atoms with van der Waals surface area (Å²) in [6, 6.07) is 2.56. The summed E-state index contributed by atoms with van der Waals surface area (Å²) in [7, 11) is 1.43. The lowest BCUT2D eigenvalue weighted by molar-refractivity contribution is 0.213. The Hall–Kier alpha value is -0.640. The molecule has 1 nitrogen and oxygen atoms in total. The molecule has 14 heavy (non-hydrogen) atoms. The molecular weight excluding hydrogens is 254 g/mol. The fourth-order valence-electron chi connectivity index (χ4n) is 1.14. The van der Waals surface area contributed by atoms with Crippen molar-refractivity contribution in [3.05, 3.63) is 28.0 Å². The lowest BCUT2D eigenvalue weighted by Gasteiger charge is -2.17. The fraction of sp³-hybridized carbons (Fsp3) is 0.400. The monoisotopic (exact) mass is 264 g/mol. The first kappa shape index (κ1) is 11.4. The molecule has 0 spiro atoms. The van der Waals surface area contributed by atoms with Gasteiger partial charge in [-0.05, 0) is 35.8 Å². The van der Waals surface area contributed by atoms with Crippen LogP contribution in [0.5, 0.6) is 5.75 Å². The summed E-state index contributed by atoms with van der Waals surface area (Å²) in [5, 5.41) is 0. The zero-order chi connectivity index (χ0) is 10.9. The lowest BCUT2D eigenvalue weighted by Crippen LogP contribution is -2.11. The van der Waals surface area contributed by atoms with E-state index in [0.29, 0.717) is 10.2 Å². The van der Waals surface area contributed by atoms with Crippen LogP contribution in [0.25, 0.3) is 0 Å². The van der Waals surface area contributed by atoms with E-state index >= 15 is 0 Å². The number of alkyl halides is 1. The molecule has 0 heterocycles. The van der Waals surface area contributed by atoms with Crippen molar-refractivity contribution in [2.24, 2.45) is 0 Å². The molecule has 0 aliphatic carbocycles. The zero-order valence-electron chi connectivity index (χ0n) is 8.20. The molecule has 0 fully saturated rings. The molecule has 0 aliphatic rings. The topological polar surface area (TPSA) is 9.23 Å². The van der Waals surface area contributed by atoms with Crippen molar-refractivity contribution in [1.29, 1.82) is 0 Å². The number of hydrogen-bond donors (Lipinski definition) is 0. The van der Waals surface area contributed by atoms with Crippen LogP contribution in [-0.2, 0) is 5.67 Å². The Balaban J connectivity index is 3.29. The molecule has 1 aromatic carbocycles. The van der Waals surface area contributed by atoms with Crippen LogP contribution in [0.3, 0.4) is 0 Å². The largest absolute Gasteiger partial charge is 0.495 e. The maximum atomic E-state index is 13.5. The summed E-state index contributed by atoms with van der Waals surface area (Å²) in [4.78, 5) is 0. The molecule has 78 valence electrons. The van der Waals surface area contributed by atoms with Gasteiger partial charge in [0.2, 0.25) is 0 Å². The van der Waals surface area contributed by atoms with Gasteiger partial charge in [-0.1, -0.05) is 0 Å². The van der Waals surface area contributed by atoms with Crippen molar-refractivity contribution in [1.82, 2.24) is 0 Å². The van der Waals surface area contributed by atoms with Gasteiger partial charge in [-0.3, -0.25) is 0 Å². The molecule has 1 aromatic rings. The highest BCUT2D eigenvalue weighted by atomic mass is 79.9. The van der Waals surface area contributed by atoms with E-state index in [1.54, 1.807) is 0 Å². The first-order valence-corrected chi connectivity index (χ1v) is 4.88. The standard InChI is InChI=1S/C10H11BrF2O/c1-10(2,13)6-4-7(11)9(14-3)5-8(6)12/h4-5H,1-3H3. The third kappa shape index (κ3) is 2.23. The van der Waals surface area contributed by atoms with Crippen molar-refractivity contribution < 1.29 is 13.5 Å². The SMILES string of the molecule is COc1cc(F)c(C(C)(C)F)cc1Br. The number of rotatable bonds is 2. The van der Waals surface area contributed by atoms with Crippen LogP contribution in [-0.4, -0.2) is 7.11 Å². The normalized spacial score (nSPS) is 11.6. The molecular formula is C10H11BrF2O. The maximum Gasteiger partial charge on any atom is 0.135 e. The van der Waals surface area contributed by atoms with Crippen molar-refractivity contribution in [3.63, 3.8) is 0 Å². The Morgan fingerprint density at radius 3 is 2.36 bits per heavy atom. The van der Waals surface area contributed by atoms with Gasteiger partial charge in [0.1, 0.15) is 17.2 Å². The summed E-state index contributed by atoms with van der Waals surface area (Å²) in [5.41, 5.74) is -1.68. The highest BCUT2D eigenvalue weighted by Gasteiger charge is 2.24. The molecule has 0 N–H and O–H groups in total. The Morgan fingerprint density at radius 2 is 1.93 bits per heavy atom. The van der Waals surface area contributed by atoms with E-state index in [4.69, 9.17) is 4.74 Å². The summed E-state index contributed by atoms with van der Waals surface area (Å²) >= 11 is 3.18. The molecule has 0 amide bonds. The fourth-order valence-corrected chi connectivity index (χ4v) is 1.65. The lowest BCUT2D eigenvalue weighted by atomic mass is 9.99. The van der Waals surface area contributed by atoms with Gasteiger partial charge in [-0.25, -0.2) is 8.78 Å². The number of ether oxygens (including phenoxy) is 1. The van der Waals surface area contributed by atoms with Gasteiger partial charge in [0, 0.05) is 11.6 Å². The molecule has 0 atom stereocenters. The van der Waals surface area contributed by atoms with Crippen molar-refractivity contribution in [2.75, 3.05) is 7.11 Å². The van der Waals surface area contributed by atoms with Crippen molar-refractivity contribution >= 4 is 15.9 Å². The summed E-state index contributed by atoms with van der Waals surface area (Å²) in [5.74, 6) is -0.243. The van der Waals surface area contributed by atoms with Crippen LogP contribution in [0.2, 0.25) is 0 Å². The molecule has 0 saturated heterocycles. The Morgan fingerprint density at radius 1 is 1.36 bits per heavy atom. The second-order valence-electron chi connectivity index (χ2n) is 3.44. The number of methoxy groups -OCH3 is 1. The molecule has 0 radical (unpaired) electrons. The van der Waals surface area contributed by atoms with E-state index in [9.17, 15) is 8.78 Å². The van der Waals surface area contributed by atoms with Gasteiger partial charge >= 0.3 is 0 Å². The minimum atomic E-state index is -1.70. The van der Waals surface area contributed by atoms with Crippen LogP contribution in [0.1, 0.15) is 19.4 Å². The highest BCUT2D eigenvalue weighted by Crippen LogP contribution is 2.34. The van der Waals surface area contributed by atoms with E-state index < -0.39 is 11.5 Å². The first-order chi connectivity index (χ1) is 6.36. The summed E-state index contributed by atoms with van der Waals surface area (Å²) < 4.78 is 32.3. The van der Waals surface area contributed by atoms with Gasteiger partial charge < -0.3 is 4.74 Å². The van der Waals surface area contributed by atoms with Crippen molar-refractivity contribution in [2.45, 2.75) is 19.5 Å². The minimum absolute atomic E-state index is 0.0187. The van der Waals surface area contributed by atoms with Gasteiger partial charge in [0.25, 0.3) is 0 Å². The molecule has 0 aromatic heterocycles. The van der Waals surface area contributed by atoms with Gasteiger partial charge in [-0.2, -0.15) is 0 Å². The van der Waals surface area contributed by atoms with Crippen LogP contribution < -0.4 is 4.74 Å². The highest BCUT2D eigenvalue weighted by molar-refractivity contribution is 9.10. The van der Waals surface area contributed by atoms with Crippen LogP contribution in [0.15, 0.2) is 16.6 Å². The maximum absolute atomic E-state index is 13.5. The molecule has 4 heteroatoms. The van der Waals surface area contributed by atoms with E-state index in [2.05, 4.69) is 15.9 Å². The van der Waals surface area contributed by atoms with Gasteiger partial charge in [-0.15, -0.1) is 0 Å². The minimum Gasteiger partial charge on any atom is -0.495 e. The van der Waals surface area contributed by atoms with Crippen LogP contribution >= 0.6 is 15.9 Å². The predicted molar refractivity (Wildman–Crippen MR) is 54.8 cm³/mol. The quantitative estimate of drug-likeness (QED) is 0.790. The third-order valence-corrected chi connectivity index (χ3v) is 2.50. The second kappa shape index (κ2) is 3.85. The molecule has 0 aliphatic heterocycles. The first-order valence-electron chi connectivity index (χ1n) is 4.08. The number of hydrogen-bond acceptors (Lipinski definition) is 1. The average molecular weight is 265 g/mol. The Labute approximate surface area is 90.2 Å². The van der Waals surface area contributed by atoms with Crippen molar-refractivity contribution in [3.8, 4) is 5.75 Å². The smallest absolute Gasteiger partial charge is 0.135 e. The van der Waals surface area contributed by atoms with E-state index in [1.165, 1.54) is 33.1 Å².